The summed E-state index contributed by atoms with van der Waals surface area (Å²) in [5.41, 5.74) is 0.974. The first-order valence-electron chi connectivity index (χ1n) is 10.7. The highest BCUT2D eigenvalue weighted by atomic mass is 35.5. The first-order chi connectivity index (χ1) is 15.2. The van der Waals surface area contributed by atoms with Crippen LogP contribution in [0.3, 0.4) is 0 Å². The third kappa shape index (κ3) is 5.99. The van der Waals surface area contributed by atoms with E-state index < -0.39 is 11.9 Å². The quantitative estimate of drug-likeness (QED) is 0.573. The zero-order chi connectivity index (χ0) is 23.4. The molecule has 0 radical (unpaired) electrons. The van der Waals surface area contributed by atoms with Gasteiger partial charge in [0, 0.05) is 35.2 Å². The molecule has 3 heterocycles. The number of rotatable bonds is 6. The molecule has 174 valence electrons. The predicted molar refractivity (Wildman–Crippen MR) is 126 cm³/mol. The largest absolute Gasteiger partial charge is 0.478 e. The van der Waals surface area contributed by atoms with Crippen LogP contribution in [0, 0.1) is 17.8 Å². The number of carbonyl (C=O) groups is 2. The van der Waals surface area contributed by atoms with Gasteiger partial charge in [0.1, 0.15) is 0 Å². The lowest BCUT2D eigenvalue weighted by Gasteiger charge is -2.44. The molecule has 0 amide bonds. The molecule has 0 saturated carbocycles. The van der Waals surface area contributed by atoms with Gasteiger partial charge >= 0.3 is 11.9 Å². The molecule has 1 aromatic heterocycles. The number of fused-ring (bicyclic) bond motifs is 3. The van der Waals surface area contributed by atoms with E-state index in [4.69, 9.17) is 26.6 Å². The van der Waals surface area contributed by atoms with Crippen molar-refractivity contribution in [2.24, 2.45) is 17.8 Å². The summed E-state index contributed by atoms with van der Waals surface area (Å²) < 4.78 is 7.28. The van der Waals surface area contributed by atoms with Crippen LogP contribution < -0.4 is 4.74 Å². The Kier molecular flexibility index (Phi) is 8.14. The second kappa shape index (κ2) is 10.6. The van der Waals surface area contributed by atoms with E-state index in [2.05, 4.69) is 30.8 Å². The molecular formula is C23H29ClN2O5S. The van der Waals surface area contributed by atoms with Crippen LogP contribution >= 0.6 is 22.9 Å². The van der Waals surface area contributed by atoms with Gasteiger partial charge in [-0.05, 0) is 56.3 Å². The average Bonchev–Trinajstić information content (AvgIpc) is 3.22. The third-order valence-electron chi connectivity index (χ3n) is 6.44. The molecule has 1 aromatic carbocycles. The molecule has 4 rings (SSSR count). The Morgan fingerprint density at radius 2 is 1.97 bits per heavy atom. The van der Waals surface area contributed by atoms with Crippen molar-refractivity contribution in [1.82, 2.24) is 9.88 Å². The normalized spacial score (nSPS) is 25.2. The maximum absolute atomic E-state index is 9.55. The number of hydrogen-bond acceptors (Lipinski definition) is 6. The van der Waals surface area contributed by atoms with Crippen molar-refractivity contribution in [3.8, 4) is 5.19 Å². The summed E-state index contributed by atoms with van der Waals surface area (Å²) in [6.07, 6.45) is 5.09. The third-order valence-corrected chi connectivity index (χ3v) is 7.60. The lowest BCUT2D eigenvalue weighted by Crippen LogP contribution is -2.49. The number of aromatic nitrogens is 1. The number of halogens is 1. The van der Waals surface area contributed by atoms with Crippen molar-refractivity contribution in [3.05, 3.63) is 35.4 Å². The predicted octanol–water partition coefficient (Wildman–Crippen LogP) is 4.80. The van der Waals surface area contributed by atoms with Gasteiger partial charge < -0.3 is 19.8 Å². The zero-order valence-corrected chi connectivity index (χ0v) is 20.0. The maximum atomic E-state index is 9.55. The minimum absolute atomic E-state index is 0.558. The molecule has 2 aromatic rings. The van der Waals surface area contributed by atoms with E-state index in [1.54, 1.807) is 11.3 Å². The Balaban J connectivity index is 0.000000312. The summed E-state index contributed by atoms with van der Waals surface area (Å²) in [6, 6.07) is 7.27. The van der Waals surface area contributed by atoms with Crippen LogP contribution in [0.5, 0.6) is 5.19 Å². The Hall–Kier alpha value is -2.16. The van der Waals surface area contributed by atoms with Crippen molar-refractivity contribution in [2.45, 2.75) is 45.2 Å². The van der Waals surface area contributed by atoms with Crippen LogP contribution in [0.2, 0.25) is 5.02 Å². The SMILES string of the molecule is CC(C)[C@@H]1CC2CCC([C@@H]1COc1nc3ccc(Cl)cc3s1)N2C.O=C(O)/C=C/C(=O)O. The fraction of sp³-hybridized carbons (Fsp3) is 0.522. The summed E-state index contributed by atoms with van der Waals surface area (Å²) in [7, 11) is 2.30. The molecule has 2 unspecified atom stereocenters. The zero-order valence-electron chi connectivity index (χ0n) is 18.4. The van der Waals surface area contributed by atoms with Crippen LogP contribution in [-0.2, 0) is 9.59 Å². The standard InChI is InChI=1S/C19H25ClN2OS.C4H4O4/c1-11(2)14-9-13-5-7-17(22(13)3)15(14)10-23-19-21-16-6-4-12(20)8-18(16)24-19;5-3(6)1-2-4(7)8/h4,6,8,11,13-15,17H,5,7,9-10H2,1-3H3;1-2H,(H,5,6)(H,7,8)/b;2-1+/t13?,14-,15+,17?;/m0./s1. The first-order valence-corrected chi connectivity index (χ1v) is 11.9. The second-order valence-corrected chi connectivity index (χ2v) is 10.1. The molecule has 0 aliphatic carbocycles. The van der Waals surface area contributed by atoms with E-state index in [-0.39, 0.29) is 0 Å². The molecule has 2 aliphatic heterocycles. The Morgan fingerprint density at radius 3 is 2.59 bits per heavy atom. The highest BCUT2D eigenvalue weighted by Crippen LogP contribution is 2.44. The van der Waals surface area contributed by atoms with Crippen molar-refractivity contribution in [3.63, 3.8) is 0 Å². The Labute approximate surface area is 196 Å². The van der Waals surface area contributed by atoms with Crippen LogP contribution in [0.1, 0.15) is 33.1 Å². The molecular weight excluding hydrogens is 452 g/mol. The number of hydrogen-bond donors (Lipinski definition) is 2. The lowest BCUT2D eigenvalue weighted by atomic mass is 9.74. The van der Waals surface area contributed by atoms with Gasteiger partial charge in [0.2, 0.25) is 0 Å². The molecule has 7 nitrogen and oxygen atoms in total. The fourth-order valence-electron chi connectivity index (χ4n) is 4.87. The van der Waals surface area contributed by atoms with Gasteiger partial charge in [0.15, 0.2) is 0 Å². The van der Waals surface area contributed by atoms with Gasteiger partial charge in [-0.2, -0.15) is 0 Å². The van der Waals surface area contributed by atoms with Gasteiger partial charge in [-0.15, -0.1) is 0 Å². The topological polar surface area (TPSA) is 100.0 Å². The van der Waals surface area contributed by atoms with Gasteiger partial charge in [-0.1, -0.05) is 36.8 Å². The summed E-state index contributed by atoms with van der Waals surface area (Å²) in [4.78, 5) is 26.3. The summed E-state index contributed by atoms with van der Waals surface area (Å²) in [5, 5.41) is 17.2. The highest BCUT2D eigenvalue weighted by molar-refractivity contribution is 7.20. The van der Waals surface area contributed by atoms with Crippen LogP contribution in [-0.4, -0.2) is 57.8 Å². The van der Waals surface area contributed by atoms with E-state index >= 15 is 0 Å². The summed E-state index contributed by atoms with van der Waals surface area (Å²) in [5.74, 6) is -0.448. The molecule has 32 heavy (non-hydrogen) atoms. The molecule has 0 spiro atoms. The second-order valence-electron chi connectivity index (χ2n) is 8.68. The number of aliphatic carboxylic acids is 2. The average molecular weight is 481 g/mol. The Bertz CT molecular complexity index is 976. The lowest BCUT2D eigenvalue weighted by molar-refractivity contribution is -0.134. The van der Waals surface area contributed by atoms with Crippen LogP contribution in [0.15, 0.2) is 30.4 Å². The van der Waals surface area contributed by atoms with E-state index in [0.717, 1.165) is 39.0 Å². The summed E-state index contributed by atoms with van der Waals surface area (Å²) >= 11 is 7.67. The van der Waals surface area contributed by atoms with Gasteiger partial charge in [0.25, 0.3) is 5.19 Å². The van der Waals surface area contributed by atoms with Gasteiger partial charge in [-0.3, -0.25) is 0 Å². The van der Waals surface area contributed by atoms with Gasteiger partial charge in [-0.25, -0.2) is 14.6 Å². The van der Waals surface area contributed by atoms with Gasteiger partial charge in [0.05, 0.1) is 16.8 Å². The smallest absolute Gasteiger partial charge is 0.328 e. The van der Waals surface area contributed by atoms with E-state index in [1.807, 2.05) is 18.2 Å². The molecule has 2 bridgehead atoms. The maximum Gasteiger partial charge on any atom is 0.328 e. The highest BCUT2D eigenvalue weighted by Gasteiger charge is 2.46. The van der Waals surface area contributed by atoms with E-state index in [1.165, 1.54) is 19.3 Å². The monoisotopic (exact) mass is 480 g/mol. The number of piperidine rings is 1. The van der Waals surface area contributed by atoms with E-state index in [0.29, 0.717) is 30.0 Å². The number of carboxylic acid groups (broad SMARTS) is 2. The summed E-state index contributed by atoms with van der Waals surface area (Å²) in [6.45, 7) is 5.50. The van der Waals surface area contributed by atoms with Crippen molar-refractivity contribution in [2.75, 3.05) is 13.7 Å². The molecule has 2 fully saturated rings. The fourth-order valence-corrected chi connectivity index (χ4v) is 5.97. The molecule has 2 N–H and O–H groups in total. The minimum Gasteiger partial charge on any atom is -0.478 e. The molecule has 9 heteroatoms. The molecule has 2 saturated heterocycles. The molecule has 2 aliphatic rings. The van der Waals surface area contributed by atoms with Crippen LogP contribution in [0.25, 0.3) is 10.2 Å². The van der Waals surface area contributed by atoms with Crippen molar-refractivity contribution < 1.29 is 24.5 Å². The number of nitrogens with zero attached hydrogens (tertiary/aromatic N) is 2. The Morgan fingerprint density at radius 1 is 1.28 bits per heavy atom. The number of ether oxygens (including phenoxy) is 1. The first kappa shape index (κ1) is 24.5. The van der Waals surface area contributed by atoms with Crippen molar-refractivity contribution >= 4 is 45.1 Å². The van der Waals surface area contributed by atoms with E-state index in [9.17, 15) is 9.59 Å². The number of thiazole rings is 1. The minimum atomic E-state index is -1.26. The number of carboxylic acids is 2. The van der Waals surface area contributed by atoms with Crippen LogP contribution in [0.4, 0.5) is 0 Å². The number of benzene rings is 1. The van der Waals surface area contributed by atoms with Crippen molar-refractivity contribution in [1.29, 1.82) is 0 Å². The molecule has 4 atom stereocenters.